The number of carbonyl (C=O) groups excluding carboxylic acids is 2. The Balaban J connectivity index is 1.55. The number of carbonyl (C=O) groups is 2. The van der Waals surface area contributed by atoms with E-state index in [9.17, 15) is 9.59 Å². The Hall–Kier alpha value is -3.02. The first-order chi connectivity index (χ1) is 14.0. The molecule has 0 aromatic heterocycles. The van der Waals surface area contributed by atoms with Crippen LogP contribution in [0.4, 0.5) is 11.4 Å². The van der Waals surface area contributed by atoms with Crippen molar-refractivity contribution in [2.45, 2.75) is 6.54 Å². The number of anilines is 2. The fourth-order valence-electron chi connectivity index (χ4n) is 2.63. The molecule has 0 aliphatic rings. The van der Waals surface area contributed by atoms with Crippen LogP contribution in [0.5, 0.6) is 0 Å². The molecule has 2 amide bonds. The molecule has 148 valence electrons. The minimum atomic E-state index is -0.275. The predicted molar refractivity (Wildman–Crippen MR) is 118 cm³/mol. The molecule has 0 fully saturated rings. The molecule has 0 aliphatic carbocycles. The van der Waals surface area contributed by atoms with Gasteiger partial charge >= 0.3 is 0 Å². The van der Waals surface area contributed by atoms with E-state index in [1.54, 1.807) is 42.5 Å². The zero-order valence-electron chi connectivity index (χ0n) is 15.4. The number of amides is 2. The van der Waals surface area contributed by atoms with Crippen LogP contribution in [0.2, 0.25) is 10.0 Å². The van der Waals surface area contributed by atoms with Crippen LogP contribution in [0.1, 0.15) is 15.9 Å². The molecule has 3 aromatic rings. The van der Waals surface area contributed by atoms with Gasteiger partial charge in [0.05, 0.1) is 17.3 Å². The Kier molecular flexibility index (Phi) is 7.11. The summed E-state index contributed by atoms with van der Waals surface area (Å²) in [4.78, 5) is 24.6. The second-order valence-corrected chi connectivity index (χ2v) is 7.12. The highest BCUT2D eigenvalue weighted by Gasteiger charge is 2.09. The van der Waals surface area contributed by atoms with Gasteiger partial charge in [0, 0.05) is 22.8 Å². The SMILES string of the molecule is O=C(CNc1cc(Cl)ccc1Cl)Nc1cccc(C(=O)NCc2ccccc2)c1. The first kappa shape index (κ1) is 20.7. The van der Waals surface area contributed by atoms with Crippen LogP contribution in [0.3, 0.4) is 0 Å². The molecule has 0 bridgehead atoms. The summed E-state index contributed by atoms with van der Waals surface area (Å²) in [6.45, 7) is 0.436. The maximum Gasteiger partial charge on any atom is 0.251 e. The molecule has 0 saturated carbocycles. The van der Waals surface area contributed by atoms with Crippen LogP contribution >= 0.6 is 23.2 Å². The van der Waals surface area contributed by atoms with Gasteiger partial charge in [-0.1, -0.05) is 59.6 Å². The van der Waals surface area contributed by atoms with E-state index in [2.05, 4.69) is 16.0 Å². The Labute approximate surface area is 179 Å². The molecule has 0 radical (unpaired) electrons. The third-order valence-corrected chi connectivity index (χ3v) is 4.64. The summed E-state index contributed by atoms with van der Waals surface area (Å²) in [7, 11) is 0. The fraction of sp³-hybridized carbons (Fsp3) is 0.0909. The Bertz CT molecular complexity index is 1010. The summed E-state index contributed by atoms with van der Waals surface area (Å²) in [5.41, 5.74) is 2.57. The molecule has 5 nitrogen and oxygen atoms in total. The molecule has 7 heteroatoms. The maximum absolute atomic E-state index is 12.4. The number of hydrogen-bond donors (Lipinski definition) is 3. The van der Waals surface area contributed by atoms with Crippen molar-refractivity contribution in [2.24, 2.45) is 0 Å². The van der Waals surface area contributed by atoms with Gasteiger partial charge in [0.1, 0.15) is 0 Å². The van der Waals surface area contributed by atoms with Crippen LogP contribution in [-0.4, -0.2) is 18.4 Å². The van der Waals surface area contributed by atoms with Gasteiger partial charge < -0.3 is 16.0 Å². The average molecular weight is 428 g/mol. The van der Waals surface area contributed by atoms with Crippen molar-refractivity contribution >= 4 is 46.4 Å². The van der Waals surface area contributed by atoms with Crippen molar-refractivity contribution < 1.29 is 9.59 Å². The molecule has 0 aliphatic heterocycles. The number of halogens is 2. The smallest absolute Gasteiger partial charge is 0.251 e. The summed E-state index contributed by atoms with van der Waals surface area (Å²) < 4.78 is 0. The molecule has 0 atom stereocenters. The fourth-order valence-corrected chi connectivity index (χ4v) is 2.99. The molecule has 0 spiro atoms. The van der Waals surface area contributed by atoms with Gasteiger partial charge in [-0.2, -0.15) is 0 Å². The summed E-state index contributed by atoms with van der Waals surface area (Å²) in [5.74, 6) is -0.489. The highest BCUT2D eigenvalue weighted by Crippen LogP contribution is 2.25. The van der Waals surface area contributed by atoms with Crippen LogP contribution in [0.15, 0.2) is 72.8 Å². The first-order valence-corrected chi connectivity index (χ1v) is 9.68. The van der Waals surface area contributed by atoms with Crippen LogP contribution in [-0.2, 0) is 11.3 Å². The van der Waals surface area contributed by atoms with Gasteiger partial charge in [0.15, 0.2) is 0 Å². The molecular formula is C22H19Cl2N3O2. The minimum absolute atomic E-state index is 0.00446. The Morgan fingerprint density at radius 3 is 2.45 bits per heavy atom. The molecule has 0 heterocycles. The number of rotatable bonds is 7. The standard InChI is InChI=1S/C22H19Cl2N3O2/c23-17-9-10-19(24)20(12-17)25-14-21(28)27-18-8-4-7-16(11-18)22(29)26-13-15-5-2-1-3-6-15/h1-12,25H,13-14H2,(H,26,29)(H,27,28). The van der Waals surface area contributed by atoms with Crippen molar-refractivity contribution in [2.75, 3.05) is 17.2 Å². The summed E-state index contributed by atoms with van der Waals surface area (Å²) in [6.07, 6.45) is 0. The van der Waals surface area contributed by atoms with Crippen LogP contribution < -0.4 is 16.0 Å². The molecule has 3 N–H and O–H groups in total. The van der Waals surface area contributed by atoms with E-state index >= 15 is 0 Å². The second-order valence-electron chi connectivity index (χ2n) is 6.27. The zero-order valence-corrected chi connectivity index (χ0v) is 16.9. The number of benzene rings is 3. The molecular weight excluding hydrogens is 409 g/mol. The highest BCUT2D eigenvalue weighted by atomic mass is 35.5. The largest absolute Gasteiger partial charge is 0.375 e. The van der Waals surface area contributed by atoms with Gasteiger partial charge in [0.2, 0.25) is 5.91 Å². The number of hydrogen-bond acceptors (Lipinski definition) is 3. The van der Waals surface area contributed by atoms with Gasteiger partial charge in [0.25, 0.3) is 5.91 Å². The minimum Gasteiger partial charge on any atom is -0.375 e. The first-order valence-electron chi connectivity index (χ1n) is 8.92. The Morgan fingerprint density at radius 1 is 0.862 bits per heavy atom. The van der Waals surface area contributed by atoms with Gasteiger partial charge in [-0.15, -0.1) is 0 Å². The molecule has 3 rings (SSSR count). The maximum atomic E-state index is 12.4. The summed E-state index contributed by atoms with van der Waals surface area (Å²) in [5, 5.41) is 9.55. The lowest BCUT2D eigenvalue weighted by Crippen LogP contribution is -2.24. The van der Waals surface area contributed by atoms with E-state index in [1.807, 2.05) is 30.3 Å². The highest BCUT2D eigenvalue weighted by molar-refractivity contribution is 6.35. The lowest BCUT2D eigenvalue weighted by atomic mass is 10.1. The molecule has 0 unspecified atom stereocenters. The van der Waals surface area contributed by atoms with Crippen molar-refractivity contribution in [1.82, 2.24) is 5.32 Å². The van der Waals surface area contributed by atoms with Crippen molar-refractivity contribution in [3.63, 3.8) is 0 Å². The van der Waals surface area contributed by atoms with Crippen molar-refractivity contribution in [3.05, 3.63) is 94.0 Å². The van der Waals surface area contributed by atoms with E-state index in [-0.39, 0.29) is 18.4 Å². The van der Waals surface area contributed by atoms with E-state index in [1.165, 1.54) is 0 Å². The molecule has 29 heavy (non-hydrogen) atoms. The number of nitrogens with one attached hydrogen (secondary N) is 3. The lowest BCUT2D eigenvalue weighted by molar-refractivity contribution is -0.114. The van der Waals surface area contributed by atoms with E-state index < -0.39 is 0 Å². The van der Waals surface area contributed by atoms with Crippen LogP contribution in [0, 0.1) is 0 Å². The second kappa shape index (κ2) is 9.96. The normalized spacial score (nSPS) is 10.3. The predicted octanol–water partition coefficient (Wildman–Crippen LogP) is 4.97. The summed E-state index contributed by atoms with van der Waals surface area (Å²) in [6, 6.07) is 21.4. The van der Waals surface area contributed by atoms with Crippen molar-refractivity contribution in [3.8, 4) is 0 Å². The third kappa shape index (κ3) is 6.24. The van der Waals surface area contributed by atoms with Crippen molar-refractivity contribution in [1.29, 1.82) is 0 Å². The van der Waals surface area contributed by atoms with E-state index in [0.29, 0.717) is 33.5 Å². The molecule has 3 aromatic carbocycles. The third-order valence-electron chi connectivity index (χ3n) is 4.07. The molecule has 0 saturated heterocycles. The van der Waals surface area contributed by atoms with Gasteiger partial charge in [-0.3, -0.25) is 9.59 Å². The zero-order chi connectivity index (χ0) is 20.6. The summed E-state index contributed by atoms with van der Waals surface area (Å²) >= 11 is 12.0. The van der Waals surface area contributed by atoms with E-state index in [4.69, 9.17) is 23.2 Å². The lowest BCUT2D eigenvalue weighted by Gasteiger charge is -2.11. The Morgan fingerprint density at radius 2 is 1.66 bits per heavy atom. The van der Waals surface area contributed by atoms with Gasteiger partial charge in [-0.05, 0) is 42.0 Å². The monoisotopic (exact) mass is 427 g/mol. The van der Waals surface area contributed by atoms with Gasteiger partial charge in [-0.25, -0.2) is 0 Å². The average Bonchev–Trinajstić information content (AvgIpc) is 2.73. The quantitative estimate of drug-likeness (QED) is 0.498. The van der Waals surface area contributed by atoms with E-state index in [0.717, 1.165) is 5.56 Å². The topological polar surface area (TPSA) is 70.2 Å². The van der Waals surface area contributed by atoms with Crippen LogP contribution in [0.25, 0.3) is 0 Å².